The predicted octanol–water partition coefficient (Wildman–Crippen LogP) is 3.90. The van der Waals surface area contributed by atoms with Crippen LogP contribution in [0.2, 0.25) is 0 Å². The van der Waals surface area contributed by atoms with E-state index in [9.17, 15) is 22.4 Å². The number of aryl methyl sites for hydroxylation is 2. The van der Waals surface area contributed by atoms with Gasteiger partial charge in [0.15, 0.2) is 5.82 Å². The van der Waals surface area contributed by atoms with Gasteiger partial charge in [0.05, 0.1) is 11.4 Å². The van der Waals surface area contributed by atoms with Crippen molar-refractivity contribution in [2.45, 2.75) is 52.4 Å². The van der Waals surface area contributed by atoms with Gasteiger partial charge in [0, 0.05) is 67.1 Å². The van der Waals surface area contributed by atoms with Crippen LogP contribution in [-0.4, -0.2) is 69.4 Å². The minimum absolute atomic E-state index is 0.131. The maximum atomic E-state index is 14.9. The van der Waals surface area contributed by atoms with E-state index >= 15 is 0 Å². The van der Waals surface area contributed by atoms with Crippen LogP contribution in [0.1, 0.15) is 30.7 Å². The van der Waals surface area contributed by atoms with Gasteiger partial charge >= 0.3 is 18.2 Å². The lowest BCUT2D eigenvalue weighted by Crippen LogP contribution is -2.54. The van der Waals surface area contributed by atoms with E-state index in [1.54, 1.807) is 28.6 Å². The summed E-state index contributed by atoms with van der Waals surface area (Å²) in [5.74, 6) is -2.58. The number of halogens is 4. The lowest BCUT2D eigenvalue weighted by atomic mass is 10.1. The zero-order valence-electron chi connectivity index (χ0n) is 21.8. The van der Waals surface area contributed by atoms with Crippen LogP contribution in [0.25, 0.3) is 5.65 Å². The number of hydrogen-bond donors (Lipinski definition) is 3. The quantitative estimate of drug-likeness (QED) is 0.414. The fraction of sp³-hybridized carbons (Fsp3) is 0.440. The number of imidazole rings is 1. The van der Waals surface area contributed by atoms with E-state index in [0.29, 0.717) is 35.7 Å². The summed E-state index contributed by atoms with van der Waals surface area (Å²) in [4.78, 5) is 34.9. The number of carbonyl (C=O) groups is 2. The number of hydrogen-bond acceptors (Lipinski definition) is 6. The fourth-order valence-corrected chi connectivity index (χ4v) is 4.95. The van der Waals surface area contributed by atoms with Gasteiger partial charge in [0.25, 0.3) is 0 Å². The smallest absolute Gasteiger partial charge is 0.475 e. The number of alkyl halides is 3. The van der Waals surface area contributed by atoms with Gasteiger partial charge in [-0.1, -0.05) is 0 Å². The standard InChI is InChI=1S/C23H28FN7O.C2HF3O2/c1-13-9-29(10-14(2)26-13)19-5-7-25-22-17(19)6-8-31(22)23(32)28-18-12-30-11-15(3)27-21(30)16(4)20(18)24;3-2(4,5)1(6)7/h5,7,11-14,26H,6,8-10H2,1-4H3,(H,28,32);(H,6,7)/t13-,14+;. The Morgan fingerprint density at radius 1 is 1.15 bits per heavy atom. The lowest BCUT2D eigenvalue weighted by molar-refractivity contribution is -0.192. The number of anilines is 3. The minimum atomic E-state index is -5.08. The molecule has 3 aromatic rings. The van der Waals surface area contributed by atoms with Crippen molar-refractivity contribution in [1.29, 1.82) is 0 Å². The number of carboxylic acids is 1. The molecule has 2 aliphatic rings. The highest BCUT2D eigenvalue weighted by atomic mass is 19.4. The molecule has 1 saturated heterocycles. The van der Waals surface area contributed by atoms with Gasteiger partial charge in [0.2, 0.25) is 0 Å². The molecule has 0 aromatic carbocycles. The van der Waals surface area contributed by atoms with Crippen LogP contribution in [0, 0.1) is 19.7 Å². The molecule has 5 rings (SSSR count). The van der Waals surface area contributed by atoms with Gasteiger partial charge in [0.1, 0.15) is 11.5 Å². The van der Waals surface area contributed by atoms with Crippen molar-refractivity contribution in [3.63, 3.8) is 0 Å². The maximum absolute atomic E-state index is 14.9. The first kappa shape index (κ1) is 28.1. The molecule has 5 heterocycles. The summed E-state index contributed by atoms with van der Waals surface area (Å²) < 4.78 is 48.4. The largest absolute Gasteiger partial charge is 0.490 e. The van der Waals surface area contributed by atoms with Gasteiger partial charge in [-0.3, -0.25) is 4.90 Å². The highest BCUT2D eigenvalue weighted by Crippen LogP contribution is 2.35. The SMILES string of the molecule is Cc1cn2cc(NC(=O)N3CCc4c(N5C[C@@H](C)N[C@@H](C)C5)ccnc43)c(F)c(C)c2n1.O=C(O)C(F)(F)F. The summed E-state index contributed by atoms with van der Waals surface area (Å²) in [5.41, 5.74) is 4.07. The second-order valence-electron chi connectivity index (χ2n) is 9.74. The summed E-state index contributed by atoms with van der Waals surface area (Å²) in [6.45, 7) is 10.2. The molecule has 14 heteroatoms. The molecular weight excluding hydrogens is 522 g/mol. The van der Waals surface area contributed by atoms with Crippen molar-refractivity contribution in [2.24, 2.45) is 0 Å². The van der Waals surface area contributed by atoms with E-state index in [2.05, 4.69) is 39.3 Å². The first-order valence-corrected chi connectivity index (χ1v) is 12.3. The number of nitrogens with one attached hydrogen (secondary N) is 2. The van der Waals surface area contributed by atoms with Gasteiger partial charge in [-0.2, -0.15) is 13.2 Å². The summed E-state index contributed by atoms with van der Waals surface area (Å²) in [6.07, 6.45) is 0.772. The van der Waals surface area contributed by atoms with Crippen LogP contribution >= 0.6 is 0 Å². The van der Waals surface area contributed by atoms with Crippen molar-refractivity contribution in [2.75, 3.05) is 34.8 Å². The molecule has 0 spiro atoms. The Morgan fingerprint density at radius 3 is 2.41 bits per heavy atom. The minimum Gasteiger partial charge on any atom is -0.475 e. The molecule has 2 atom stereocenters. The molecule has 2 aliphatic heterocycles. The number of amides is 2. The molecule has 39 heavy (non-hydrogen) atoms. The van der Waals surface area contributed by atoms with Gasteiger partial charge in [-0.15, -0.1) is 0 Å². The van der Waals surface area contributed by atoms with Crippen molar-refractivity contribution in [1.82, 2.24) is 19.7 Å². The number of carboxylic acid groups (broad SMARTS) is 1. The summed E-state index contributed by atoms with van der Waals surface area (Å²) in [6, 6.07) is 2.42. The number of pyridine rings is 2. The Morgan fingerprint density at radius 2 is 1.79 bits per heavy atom. The molecular formula is C25H29F4N7O3. The Kier molecular flexibility index (Phi) is 7.68. The van der Waals surface area contributed by atoms with E-state index in [0.717, 1.165) is 36.5 Å². The number of piperazine rings is 1. The van der Waals surface area contributed by atoms with E-state index in [1.165, 1.54) is 0 Å². The number of aliphatic carboxylic acids is 1. The average molecular weight is 552 g/mol. The van der Waals surface area contributed by atoms with Crippen molar-refractivity contribution >= 4 is 34.8 Å². The molecule has 2 amide bonds. The maximum Gasteiger partial charge on any atom is 0.490 e. The number of nitrogens with zero attached hydrogens (tertiary/aromatic N) is 5. The molecule has 10 nitrogen and oxygen atoms in total. The molecule has 210 valence electrons. The second-order valence-corrected chi connectivity index (χ2v) is 9.74. The van der Waals surface area contributed by atoms with Crippen LogP contribution in [-0.2, 0) is 11.2 Å². The molecule has 0 bridgehead atoms. The molecule has 0 unspecified atom stereocenters. The van der Waals surface area contributed by atoms with E-state index in [1.807, 2.05) is 19.2 Å². The Bertz CT molecular complexity index is 1400. The highest BCUT2D eigenvalue weighted by molar-refractivity contribution is 6.03. The third kappa shape index (κ3) is 5.90. The number of rotatable bonds is 2. The van der Waals surface area contributed by atoms with Crippen molar-refractivity contribution in [3.8, 4) is 0 Å². The molecule has 3 aromatic heterocycles. The van der Waals surface area contributed by atoms with Crippen LogP contribution in [0.4, 0.5) is 39.5 Å². The number of fused-ring (bicyclic) bond motifs is 2. The summed E-state index contributed by atoms with van der Waals surface area (Å²) >= 11 is 0. The number of aromatic nitrogens is 3. The van der Waals surface area contributed by atoms with Crippen LogP contribution in [0.3, 0.4) is 0 Å². The van der Waals surface area contributed by atoms with E-state index < -0.39 is 18.0 Å². The zero-order valence-corrected chi connectivity index (χ0v) is 21.8. The van der Waals surface area contributed by atoms with E-state index in [4.69, 9.17) is 9.90 Å². The molecule has 0 aliphatic carbocycles. The van der Waals surface area contributed by atoms with Crippen LogP contribution in [0.15, 0.2) is 24.7 Å². The topological polar surface area (TPSA) is 115 Å². The van der Waals surface area contributed by atoms with Crippen molar-refractivity contribution < 1.29 is 32.3 Å². The third-order valence-electron chi connectivity index (χ3n) is 6.50. The van der Waals surface area contributed by atoms with E-state index in [-0.39, 0.29) is 11.7 Å². The number of urea groups is 1. The third-order valence-corrected chi connectivity index (χ3v) is 6.50. The molecule has 0 radical (unpaired) electrons. The Hall–Kier alpha value is -3.94. The normalized spacial score (nSPS) is 19.0. The summed E-state index contributed by atoms with van der Waals surface area (Å²) in [7, 11) is 0. The fourth-order valence-electron chi connectivity index (χ4n) is 4.95. The van der Waals surface area contributed by atoms with Gasteiger partial charge in [-0.05, 0) is 40.2 Å². The molecule has 0 saturated carbocycles. The Balaban J connectivity index is 0.000000448. The Labute approximate surface area is 221 Å². The predicted molar refractivity (Wildman–Crippen MR) is 137 cm³/mol. The second kappa shape index (κ2) is 10.7. The molecule has 3 N–H and O–H groups in total. The molecule has 1 fully saturated rings. The average Bonchev–Trinajstić information content (AvgIpc) is 3.44. The number of carbonyl (C=O) groups excluding carboxylic acids is 1. The lowest BCUT2D eigenvalue weighted by Gasteiger charge is -2.38. The summed E-state index contributed by atoms with van der Waals surface area (Å²) in [5, 5.41) is 13.4. The first-order valence-electron chi connectivity index (χ1n) is 12.3. The monoisotopic (exact) mass is 551 g/mol. The van der Waals surface area contributed by atoms with Crippen LogP contribution in [0.5, 0.6) is 0 Å². The zero-order chi connectivity index (χ0) is 28.6. The highest BCUT2D eigenvalue weighted by Gasteiger charge is 2.38. The van der Waals surface area contributed by atoms with Crippen molar-refractivity contribution in [3.05, 3.63) is 47.3 Å². The first-order chi connectivity index (χ1) is 18.3. The van der Waals surface area contributed by atoms with Gasteiger partial charge in [-0.25, -0.2) is 23.9 Å². The van der Waals surface area contributed by atoms with Gasteiger partial charge < -0.3 is 25.0 Å². The van der Waals surface area contributed by atoms with Crippen LogP contribution < -0.4 is 20.4 Å².